The van der Waals surface area contributed by atoms with Gasteiger partial charge in [-0.25, -0.2) is 4.99 Å². The van der Waals surface area contributed by atoms with Gasteiger partial charge in [0.25, 0.3) is 0 Å². The highest BCUT2D eigenvalue weighted by atomic mass is 16.5. The molecule has 178 valence electrons. The van der Waals surface area contributed by atoms with E-state index in [0.717, 1.165) is 68.4 Å². The van der Waals surface area contributed by atoms with Crippen LogP contribution < -0.4 is 10.1 Å². The van der Waals surface area contributed by atoms with Crippen molar-refractivity contribution in [2.45, 2.75) is 70.4 Å². The molecule has 2 aliphatic heterocycles. The molecule has 2 amide bonds. The zero-order valence-corrected chi connectivity index (χ0v) is 18.9. The summed E-state index contributed by atoms with van der Waals surface area (Å²) in [7, 11) is 0. The van der Waals surface area contributed by atoms with E-state index >= 15 is 0 Å². The summed E-state index contributed by atoms with van der Waals surface area (Å²) < 4.78 is 5.87. The van der Waals surface area contributed by atoms with Crippen molar-refractivity contribution in [3.8, 4) is 5.75 Å². The number of nitrogens with one attached hydrogen (secondary N) is 1. The van der Waals surface area contributed by atoms with Gasteiger partial charge in [0.1, 0.15) is 18.8 Å². The Morgan fingerprint density at radius 2 is 1.94 bits per heavy atom. The molecule has 0 atom stereocenters. The SMILES string of the molecule is O=C(O)CN(C(=O)CCCCCCOc1ccc2c(c1)N=C1NC(=O)CN1C2)C1CCCC1. The van der Waals surface area contributed by atoms with E-state index in [4.69, 9.17) is 9.84 Å². The van der Waals surface area contributed by atoms with Gasteiger partial charge in [0.15, 0.2) is 0 Å². The Labute approximate surface area is 193 Å². The Kier molecular flexibility index (Phi) is 7.47. The lowest BCUT2D eigenvalue weighted by Gasteiger charge is -2.27. The van der Waals surface area contributed by atoms with Crippen LogP contribution in [0, 0.1) is 0 Å². The first-order chi connectivity index (χ1) is 16.0. The maximum Gasteiger partial charge on any atom is 0.323 e. The van der Waals surface area contributed by atoms with Gasteiger partial charge in [-0.05, 0) is 37.3 Å². The Hall–Kier alpha value is -3.10. The first-order valence-corrected chi connectivity index (χ1v) is 11.9. The zero-order chi connectivity index (χ0) is 23.2. The summed E-state index contributed by atoms with van der Waals surface area (Å²) in [6.45, 7) is 1.41. The molecule has 0 unspecified atom stereocenters. The average molecular weight is 457 g/mol. The molecule has 1 aromatic carbocycles. The molecule has 9 heteroatoms. The third-order valence-corrected chi connectivity index (χ3v) is 6.47. The van der Waals surface area contributed by atoms with Crippen molar-refractivity contribution in [1.29, 1.82) is 0 Å². The fourth-order valence-electron chi connectivity index (χ4n) is 4.76. The van der Waals surface area contributed by atoms with E-state index in [0.29, 0.717) is 32.1 Å². The van der Waals surface area contributed by atoms with E-state index in [1.807, 2.05) is 23.1 Å². The Morgan fingerprint density at radius 3 is 2.73 bits per heavy atom. The van der Waals surface area contributed by atoms with Gasteiger partial charge in [-0.2, -0.15) is 0 Å². The van der Waals surface area contributed by atoms with Crippen LogP contribution in [0.1, 0.15) is 63.4 Å². The number of hydrogen-bond donors (Lipinski definition) is 2. The van der Waals surface area contributed by atoms with Crippen molar-refractivity contribution in [3.05, 3.63) is 23.8 Å². The van der Waals surface area contributed by atoms with Gasteiger partial charge in [-0.15, -0.1) is 0 Å². The van der Waals surface area contributed by atoms with E-state index in [2.05, 4.69) is 10.3 Å². The number of carboxylic acid groups (broad SMARTS) is 1. The number of benzene rings is 1. The number of nitrogens with zero attached hydrogens (tertiary/aromatic N) is 3. The Morgan fingerprint density at radius 1 is 1.15 bits per heavy atom. The number of aliphatic carboxylic acids is 1. The monoisotopic (exact) mass is 456 g/mol. The largest absolute Gasteiger partial charge is 0.494 e. The van der Waals surface area contributed by atoms with E-state index in [1.54, 1.807) is 4.90 Å². The van der Waals surface area contributed by atoms with Crippen LogP contribution in [0.2, 0.25) is 0 Å². The fourth-order valence-corrected chi connectivity index (χ4v) is 4.76. The van der Waals surface area contributed by atoms with E-state index in [9.17, 15) is 14.4 Å². The predicted octanol–water partition coefficient (Wildman–Crippen LogP) is 2.80. The highest BCUT2D eigenvalue weighted by Gasteiger charge is 2.29. The summed E-state index contributed by atoms with van der Waals surface area (Å²) in [5, 5.41) is 11.9. The quantitative estimate of drug-likeness (QED) is 0.495. The molecule has 2 N–H and O–H groups in total. The molecule has 4 rings (SSSR count). The van der Waals surface area contributed by atoms with Gasteiger partial charge in [-0.3, -0.25) is 19.7 Å². The van der Waals surface area contributed by atoms with Crippen LogP contribution in [0.4, 0.5) is 5.69 Å². The standard InChI is InChI=1S/C24H32N4O5/c29-21-15-27-14-17-10-11-19(13-20(17)25-24(27)26-21)33-12-6-2-1-3-9-22(30)28(16-23(31)32)18-7-4-5-8-18/h10-11,13,18H,1-9,12,14-16H2,(H,31,32)(H,25,26,29). The predicted molar refractivity (Wildman–Crippen MR) is 122 cm³/mol. The number of hydrogen-bond acceptors (Lipinski definition) is 6. The third-order valence-electron chi connectivity index (χ3n) is 6.47. The molecule has 1 aromatic rings. The van der Waals surface area contributed by atoms with Crippen molar-refractivity contribution in [2.75, 3.05) is 19.7 Å². The third kappa shape index (κ3) is 6.03. The number of carbonyl (C=O) groups excluding carboxylic acids is 2. The summed E-state index contributed by atoms with van der Waals surface area (Å²) in [5.41, 5.74) is 1.90. The second kappa shape index (κ2) is 10.7. The molecular weight excluding hydrogens is 424 g/mol. The summed E-state index contributed by atoms with van der Waals surface area (Å²) in [6, 6.07) is 5.93. The maximum atomic E-state index is 12.5. The van der Waals surface area contributed by atoms with Crippen LogP contribution in [0.25, 0.3) is 0 Å². The molecule has 0 radical (unpaired) electrons. The van der Waals surface area contributed by atoms with Gasteiger partial charge in [-0.1, -0.05) is 31.7 Å². The molecule has 1 aliphatic carbocycles. The van der Waals surface area contributed by atoms with Crippen molar-refractivity contribution >= 4 is 29.4 Å². The van der Waals surface area contributed by atoms with Crippen LogP contribution in [0.15, 0.2) is 23.2 Å². The molecular formula is C24H32N4O5. The van der Waals surface area contributed by atoms with E-state index < -0.39 is 5.97 Å². The van der Waals surface area contributed by atoms with Crippen molar-refractivity contribution in [2.24, 2.45) is 4.99 Å². The molecule has 1 saturated heterocycles. The van der Waals surface area contributed by atoms with Crippen LogP contribution in [0.5, 0.6) is 5.75 Å². The lowest BCUT2D eigenvalue weighted by Crippen LogP contribution is -2.42. The molecule has 33 heavy (non-hydrogen) atoms. The van der Waals surface area contributed by atoms with Crippen molar-refractivity contribution < 1.29 is 24.2 Å². The number of fused-ring (bicyclic) bond motifs is 2. The van der Waals surface area contributed by atoms with Gasteiger partial charge >= 0.3 is 5.97 Å². The van der Waals surface area contributed by atoms with Crippen LogP contribution in [0.3, 0.4) is 0 Å². The van der Waals surface area contributed by atoms with Gasteiger partial charge in [0.2, 0.25) is 17.8 Å². The number of guanidine groups is 1. The molecule has 1 saturated carbocycles. The van der Waals surface area contributed by atoms with Crippen LogP contribution >= 0.6 is 0 Å². The number of carboxylic acids is 1. The Balaban J connectivity index is 1.14. The average Bonchev–Trinajstić information content (AvgIpc) is 3.43. The fraction of sp³-hybridized carbons (Fsp3) is 0.583. The summed E-state index contributed by atoms with van der Waals surface area (Å²) in [5.74, 6) is 0.355. The molecule has 0 spiro atoms. The smallest absolute Gasteiger partial charge is 0.323 e. The topological polar surface area (TPSA) is 112 Å². The highest BCUT2D eigenvalue weighted by Crippen LogP contribution is 2.31. The number of amides is 2. The zero-order valence-electron chi connectivity index (χ0n) is 18.9. The second-order valence-electron chi connectivity index (χ2n) is 9.00. The van der Waals surface area contributed by atoms with Crippen LogP contribution in [-0.2, 0) is 20.9 Å². The number of aliphatic imine (C=N–C) groups is 1. The number of unbranched alkanes of at least 4 members (excludes halogenated alkanes) is 3. The minimum atomic E-state index is -0.939. The number of rotatable bonds is 11. The molecule has 3 aliphatic rings. The molecule has 0 aromatic heterocycles. The lowest BCUT2D eigenvalue weighted by atomic mass is 10.1. The van der Waals surface area contributed by atoms with Gasteiger partial charge in [0.05, 0.1) is 12.3 Å². The molecule has 2 fully saturated rings. The number of carbonyl (C=O) groups is 3. The van der Waals surface area contributed by atoms with Crippen molar-refractivity contribution in [1.82, 2.24) is 15.1 Å². The molecule has 2 heterocycles. The van der Waals surface area contributed by atoms with E-state index in [1.165, 1.54) is 0 Å². The minimum Gasteiger partial charge on any atom is -0.494 e. The first kappa shape index (κ1) is 23.1. The molecule has 9 nitrogen and oxygen atoms in total. The lowest BCUT2D eigenvalue weighted by molar-refractivity contribution is -0.146. The Bertz CT molecular complexity index is 925. The first-order valence-electron chi connectivity index (χ1n) is 11.9. The van der Waals surface area contributed by atoms with E-state index in [-0.39, 0.29) is 24.4 Å². The van der Waals surface area contributed by atoms with Gasteiger partial charge < -0.3 is 19.6 Å². The molecule has 0 bridgehead atoms. The highest BCUT2D eigenvalue weighted by molar-refractivity contribution is 6.05. The van der Waals surface area contributed by atoms with Gasteiger partial charge in [0, 0.05) is 25.1 Å². The second-order valence-corrected chi connectivity index (χ2v) is 9.00. The summed E-state index contributed by atoms with van der Waals surface area (Å²) >= 11 is 0. The summed E-state index contributed by atoms with van der Waals surface area (Å²) in [6.07, 6.45) is 7.88. The minimum absolute atomic E-state index is 0.0340. The maximum absolute atomic E-state index is 12.5. The number of ether oxygens (including phenoxy) is 1. The normalized spacial score (nSPS) is 17.3. The summed E-state index contributed by atoms with van der Waals surface area (Å²) in [4.78, 5) is 43.3. The van der Waals surface area contributed by atoms with Crippen LogP contribution in [-0.4, -0.2) is 64.4 Å². The van der Waals surface area contributed by atoms with Crippen molar-refractivity contribution in [3.63, 3.8) is 0 Å².